The molecule has 0 bridgehead atoms. The van der Waals surface area contributed by atoms with Crippen LogP contribution >= 0.6 is 39.1 Å². The smallest absolute Gasteiger partial charge is 0.119 e. The molecule has 0 saturated heterocycles. The maximum absolute atomic E-state index is 6.25. The predicted octanol–water partition coefficient (Wildman–Crippen LogP) is 5.01. The average molecular weight is 375 g/mol. The number of ether oxygens (including phenoxy) is 1. The van der Waals surface area contributed by atoms with E-state index in [9.17, 15) is 0 Å². The van der Waals surface area contributed by atoms with E-state index in [1.54, 1.807) is 19.2 Å². The molecular formula is C15H14BrCl2NO. The van der Waals surface area contributed by atoms with Crippen molar-refractivity contribution < 1.29 is 4.74 Å². The Bertz CT molecular complexity index is 619. The third-order valence-corrected chi connectivity index (χ3v) is 4.39. The van der Waals surface area contributed by atoms with Crippen molar-refractivity contribution in [3.63, 3.8) is 0 Å². The molecule has 106 valence electrons. The van der Waals surface area contributed by atoms with Gasteiger partial charge in [-0.25, -0.2) is 0 Å². The molecule has 0 aliphatic heterocycles. The number of hydrogen-bond acceptors (Lipinski definition) is 2. The monoisotopic (exact) mass is 373 g/mol. The number of nitrogens with two attached hydrogens (primary N) is 1. The van der Waals surface area contributed by atoms with E-state index in [4.69, 9.17) is 33.7 Å². The van der Waals surface area contributed by atoms with Gasteiger partial charge in [-0.15, -0.1) is 0 Å². The number of methoxy groups -OCH3 is 1. The Balaban J connectivity index is 2.25. The van der Waals surface area contributed by atoms with Gasteiger partial charge in [-0.2, -0.15) is 0 Å². The number of benzene rings is 2. The minimum atomic E-state index is -0.205. The first-order valence-electron chi connectivity index (χ1n) is 6.04. The van der Waals surface area contributed by atoms with Gasteiger partial charge in [0.05, 0.1) is 7.11 Å². The van der Waals surface area contributed by atoms with Gasteiger partial charge in [0, 0.05) is 20.6 Å². The number of rotatable bonds is 4. The second-order valence-electron chi connectivity index (χ2n) is 4.43. The molecule has 0 spiro atoms. The highest BCUT2D eigenvalue weighted by molar-refractivity contribution is 9.10. The Hall–Kier alpha value is -0.740. The van der Waals surface area contributed by atoms with Crippen molar-refractivity contribution in [2.45, 2.75) is 12.5 Å². The highest BCUT2D eigenvalue weighted by atomic mass is 79.9. The van der Waals surface area contributed by atoms with Gasteiger partial charge in [0.25, 0.3) is 0 Å². The Morgan fingerprint density at radius 3 is 2.60 bits per heavy atom. The molecule has 2 rings (SSSR count). The largest absolute Gasteiger partial charge is 0.497 e. The molecule has 0 heterocycles. The fraction of sp³-hybridized carbons (Fsp3) is 0.200. The molecule has 0 amide bonds. The zero-order valence-electron chi connectivity index (χ0n) is 10.9. The quantitative estimate of drug-likeness (QED) is 0.816. The molecular weight excluding hydrogens is 361 g/mol. The van der Waals surface area contributed by atoms with Crippen molar-refractivity contribution >= 4 is 39.1 Å². The predicted molar refractivity (Wildman–Crippen MR) is 87.8 cm³/mol. The summed E-state index contributed by atoms with van der Waals surface area (Å²) < 4.78 is 6.23. The van der Waals surface area contributed by atoms with E-state index >= 15 is 0 Å². The third-order valence-electron chi connectivity index (χ3n) is 3.05. The molecule has 1 unspecified atom stereocenters. The van der Waals surface area contributed by atoms with Crippen LogP contribution in [-0.2, 0) is 6.42 Å². The molecule has 0 aliphatic carbocycles. The first-order chi connectivity index (χ1) is 9.51. The van der Waals surface area contributed by atoms with Crippen molar-refractivity contribution in [3.05, 3.63) is 62.0 Å². The summed E-state index contributed by atoms with van der Waals surface area (Å²) in [5.74, 6) is 0.803. The zero-order valence-corrected chi connectivity index (χ0v) is 14.0. The van der Waals surface area contributed by atoms with E-state index in [2.05, 4.69) is 15.9 Å². The van der Waals surface area contributed by atoms with Crippen LogP contribution in [0.25, 0.3) is 0 Å². The molecule has 0 radical (unpaired) electrons. The summed E-state index contributed by atoms with van der Waals surface area (Å²) in [7, 11) is 1.64. The molecule has 20 heavy (non-hydrogen) atoms. The summed E-state index contributed by atoms with van der Waals surface area (Å²) in [4.78, 5) is 0. The summed E-state index contributed by atoms with van der Waals surface area (Å²) in [5.41, 5.74) is 8.20. The van der Waals surface area contributed by atoms with Crippen LogP contribution in [0.5, 0.6) is 5.75 Å². The summed E-state index contributed by atoms with van der Waals surface area (Å²) in [6.07, 6.45) is 0.652. The molecule has 0 aliphatic rings. The molecule has 2 aromatic carbocycles. The first-order valence-corrected chi connectivity index (χ1v) is 7.59. The lowest BCUT2D eigenvalue weighted by Crippen LogP contribution is -2.14. The topological polar surface area (TPSA) is 35.2 Å². The highest BCUT2D eigenvalue weighted by Gasteiger charge is 2.13. The van der Waals surface area contributed by atoms with Gasteiger partial charge < -0.3 is 10.5 Å². The summed E-state index contributed by atoms with van der Waals surface area (Å²) >= 11 is 15.6. The molecule has 0 fully saturated rings. The van der Waals surface area contributed by atoms with Crippen LogP contribution in [0.3, 0.4) is 0 Å². The summed E-state index contributed by atoms with van der Waals surface area (Å²) in [6.45, 7) is 0. The zero-order chi connectivity index (χ0) is 14.7. The van der Waals surface area contributed by atoms with Crippen LogP contribution < -0.4 is 10.5 Å². The highest BCUT2D eigenvalue weighted by Crippen LogP contribution is 2.30. The van der Waals surface area contributed by atoms with Crippen LogP contribution in [0.2, 0.25) is 10.0 Å². The minimum absolute atomic E-state index is 0.205. The van der Waals surface area contributed by atoms with Crippen molar-refractivity contribution in [3.8, 4) is 5.75 Å². The lowest BCUT2D eigenvalue weighted by molar-refractivity contribution is 0.414. The second kappa shape index (κ2) is 6.81. The van der Waals surface area contributed by atoms with Crippen LogP contribution in [0, 0.1) is 0 Å². The molecule has 2 N–H and O–H groups in total. The Labute approximate surface area is 137 Å². The van der Waals surface area contributed by atoms with Crippen molar-refractivity contribution in [1.29, 1.82) is 0 Å². The first kappa shape index (κ1) is 15.6. The van der Waals surface area contributed by atoms with Gasteiger partial charge in [0.1, 0.15) is 5.75 Å². The van der Waals surface area contributed by atoms with E-state index < -0.39 is 0 Å². The fourth-order valence-electron chi connectivity index (χ4n) is 1.98. The Morgan fingerprint density at radius 2 is 1.95 bits per heavy atom. The van der Waals surface area contributed by atoms with Crippen molar-refractivity contribution in [1.82, 2.24) is 0 Å². The lowest BCUT2D eigenvalue weighted by Gasteiger charge is -2.15. The molecule has 0 aromatic heterocycles. The lowest BCUT2D eigenvalue weighted by atomic mass is 9.99. The molecule has 5 heteroatoms. The number of halogens is 3. The Morgan fingerprint density at radius 1 is 1.20 bits per heavy atom. The standard InChI is InChI=1S/C15H14BrCl2NO/c1-20-11-3-5-13(16)9(6-11)7-15(19)12-4-2-10(17)8-14(12)18/h2-6,8,15H,7,19H2,1H3. The van der Waals surface area contributed by atoms with E-state index in [1.807, 2.05) is 24.3 Å². The van der Waals surface area contributed by atoms with Crippen LogP contribution in [0.1, 0.15) is 17.2 Å². The molecule has 2 aromatic rings. The van der Waals surface area contributed by atoms with Gasteiger partial charge in [-0.1, -0.05) is 45.2 Å². The molecule has 0 saturated carbocycles. The van der Waals surface area contributed by atoms with Gasteiger partial charge >= 0.3 is 0 Å². The third kappa shape index (κ3) is 3.67. The second-order valence-corrected chi connectivity index (χ2v) is 6.13. The van der Waals surface area contributed by atoms with E-state index in [0.29, 0.717) is 16.5 Å². The maximum Gasteiger partial charge on any atom is 0.119 e. The van der Waals surface area contributed by atoms with Gasteiger partial charge in [-0.3, -0.25) is 0 Å². The SMILES string of the molecule is COc1ccc(Br)c(CC(N)c2ccc(Cl)cc2Cl)c1. The molecule has 1 atom stereocenters. The van der Waals surface area contributed by atoms with Gasteiger partial charge in [-0.05, 0) is 47.9 Å². The van der Waals surface area contributed by atoms with E-state index in [0.717, 1.165) is 21.3 Å². The number of hydrogen-bond donors (Lipinski definition) is 1. The van der Waals surface area contributed by atoms with Crippen LogP contribution in [-0.4, -0.2) is 7.11 Å². The van der Waals surface area contributed by atoms with E-state index in [1.165, 1.54) is 0 Å². The van der Waals surface area contributed by atoms with Crippen LogP contribution in [0.4, 0.5) is 0 Å². The van der Waals surface area contributed by atoms with Crippen molar-refractivity contribution in [2.75, 3.05) is 7.11 Å². The average Bonchev–Trinajstić information content (AvgIpc) is 2.41. The van der Waals surface area contributed by atoms with Crippen LogP contribution in [0.15, 0.2) is 40.9 Å². The Kier molecular flexibility index (Phi) is 5.33. The summed E-state index contributed by atoms with van der Waals surface area (Å²) in [5, 5.41) is 1.19. The summed E-state index contributed by atoms with van der Waals surface area (Å²) in [6, 6.07) is 11.0. The van der Waals surface area contributed by atoms with Gasteiger partial charge in [0.15, 0.2) is 0 Å². The normalized spacial score (nSPS) is 12.2. The minimum Gasteiger partial charge on any atom is -0.497 e. The fourth-order valence-corrected chi connectivity index (χ4v) is 2.94. The maximum atomic E-state index is 6.25. The van der Waals surface area contributed by atoms with Crippen molar-refractivity contribution in [2.24, 2.45) is 5.73 Å². The van der Waals surface area contributed by atoms with Gasteiger partial charge in [0.2, 0.25) is 0 Å². The van der Waals surface area contributed by atoms with E-state index in [-0.39, 0.29) is 6.04 Å². The molecule has 2 nitrogen and oxygen atoms in total.